The first-order valence-electron chi connectivity index (χ1n) is 8.50. The van der Waals surface area contributed by atoms with Gasteiger partial charge in [0.2, 0.25) is 0 Å². The minimum absolute atomic E-state index is 0.113. The van der Waals surface area contributed by atoms with Crippen molar-refractivity contribution in [2.75, 3.05) is 5.32 Å². The molecule has 1 aliphatic rings. The molecular formula is C17H11F10NO6. The van der Waals surface area contributed by atoms with E-state index in [1.54, 1.807) is 0 Å². The summed E-state index contributed by atoms with van der Waals surface area (Å²) in [6.07, 6.45) is -23.8. The number of hydrogen-bond donors (Lipinski definition) is 1. The first-order chi connectivity index (χ1) is 15.2. The van der Waals surface area contributed by atoms with Crippen molar-refractivity contribution in [3.63, 3.8) is 0 Å². The summed E-state index contributed by atoms with van der Waals surface area (Å²) < 4.78 is 144. The van der Waals surface area contributed by atoms with Crippen molar-refractivity contribution in [1.29, 1.82) is 0 Å². The summed E-state index contributed by atoms with van der Waals surface area (Å²) >= 11 is 0. The fourth-order valence-corrected chi connectivity index (χ4v) is 2.10. The summed E-state index contributed by atoms with van der Waals surface area (Å²) in [5, 5.41) is 1.81. The Labute approximate surface area is 182 Å². The van der Waals surface area contributed by atoms with Crippen molar-refractivity contribution < 1.29 is 72.4 Å². The number of benzene rings is 1. The molecular weight excluding hydrogens is 504 g/mol. The monoisotopic (exact) mass is 515 g/mol. The maximum Gasteiger partial charge on any atom is 0.499 e. The minimum Gasteiger partial charge on any atom is -0.426 e. The van der Waals surface area contributed by atoms with E-state index in [9.17, 15) is 53.5 Å². The SMILES string of the molecule is CC1(C)OC(=O)C(=CNc2cc(OC(F)(F)C(F)(F)F)ccc2OC(F)(F)C(F)(F)F)C(=O)O1. The van der Waals surface area contributed by atoms with E-state index in [0.29, 0.717) is 6.20 Å². The molecule has 1 fully saturated rings. The maximum absolute atomic E-state index is 13.3. The number of carbonyl (C=O) groups is 2. The van der Waals surface area contributed by atoms with Crippen LogP contribution < -0.4 is 14.8 Å². The summed E-state index contributed by atoms with van der Waals surface area (Å²) in [5.74, 6) is -7.24. The van der Waals surface area contributed by atoms with E-state index < -0.39 is 65.1 Å². The zero-order chi connectivity index (χ0) is 26.3. The van der Waals surface area contributed by atoms with Crippen LogP contribution in [0.4, 0.5) is 49.6 Å². The fourth-order valence-electron chi connectivity index (χ4n) is 2.10. The standard InChI is InChI=1S/C17H11F10NO6/c1-13(2)33-11(29)8(12(30)34-13)6-28-9-5-7(31-16(24,25)14(18,19)20)3-4-10(9)32-17(26,27)15(21,22)23/h3-6,28H,1-2H3. The number of esters is 2. The second-order valence-electron chi connectivity index (χ2n) is 6.77. The van der Waals surface area contributed by atoms with Gasteiger partial charge in [-0.2, -0.15) is 43.9 Å². The molecule has 34 heavy (non-hydrogen) atoms. The third-order valence-corrected chi connectivity index (χ3v) is 3.58. The lowest BCUT2D eigenvalue weighted by molar-refractivity contribution is -0.361. The van der Waals surface area contributed by atoms with Crippen molar-refractivity contribution >= 4 is 17.6 Å². The molecule has 17 heteroatoms. The summed E-state index contributed by atoms with van der Waals surface area (Å²) in [7, 11) is 0. The Balaban J connectivity index is 2.46. The molecule has 0 saturated carbocycles. The second-order valence-corrected chi connectivity index (χ2v) is 6.77. The van der Waals surface area contributed by atoms with Gasteiger partial charge in [-0.05, 0) is 12.1 Å². The Morgan fingerprint density at radius 1 is 0.824 bits per heavy atom. The number of alkyl halides is 10. The van der Waals surface area contributed by atoms with Gasteiger partial charge in [0.05, 0.1) is 5.69 Å². The highest BCUT2D eigenvalue weighted by Crippen LogP contribution is 2.42. The van der Waals surface area contributed by atoms with Crippen LogP contribution in [-0.2, 0) is 19.1 Å². The predicted octanol–water partition coefficient (Wildman–Crippen LogP) is 4.89. The zero-order valence-electron chi connectivity index (χ0n) is 16.5. The molecule has 2 rings (SSSR count). The van der Waals surface area contributed by atoms with Crippen molar-refractivity contribution in [2.24, 2.45) is 0 Å². The van der Waals surface area contributed by atoms with Crippen LogP contribution >= 0.6 is 0 Å². The van der Waals surface area contributed by atoms with Gasteiger partial charge in [-0.3, -0.25) is 0 Å². The number of cyclic esters (lactones) is 2. The highest BCUT2D eigenvalue weighted by Gasteiger charge is 2.62. The first kappa shape index (κ1) is 26.8. The van der Waals surface area contributed by atoms with E-state index in [0.717, 1.165) is 13.8 Å². The van der Waals surface area contributed by atoms with Gasteiger partial charge in [-0.1, -0.05) is 0 Å². The Hall–Kier alpha value is -3.40. The Bertz CT molecular complexity index is 977. The molecule has 0 spiro atoms. The number of carbonyl (C=O) groups excluding carboxylic acids is 2. The van der Waals surface area contributed by atoms with Crippen molar-refractivity contribution in [1.82, 2.24) is 0 Å². The number of anilines is 1. The second kappa shape index (κ2) is 8.43. The normalized spacial score (nSPS) is 17.0. The molecule has 1 aromatic carbocycles. The van der Waals surface area contributed by atoms with E-state index in [2.05, 4.69) is 18.9 Å². The number of hydrogen-bond acceptors (Lipinski definition) is 7. The molecule has 0 aromatic heterocycles. The van der Waals surface area contributed by atoms with Crippen LogP contribution in [0, 0.1) is 0 Å². The maximum atomic E-state index is 13.3. The Morgan fingerprint density at radius 3 is 1.76 bits per heavy atom. The molecule has 1 saturated heterocycles. The van der Waals surface area contributed by atoms with Crippen LogP contribution in [0.25, 0.3) is 0 Å². The Morgan fingerprint density at radius 2 is 1.29 bits per heavy atom. The van der Waals surface area contributed by atoms with Gasteiger partial charge < -0.3 is 24.3 Å². The lowest BCUT2D eigenvalue weighted by atomic mass is 10.2. The van der Waals surface area contributed by atoms with E-state index in [1.165, 1.54) is 0 Å². The van der Waals surface area contributed by atoms with Gasteiger partial charge in [0, 0.05) is 26.1 Å². The quantitative estimate of drug-likeness (QED) is 0.250. The van der Waals surface area contributed by atoms with E-state index in [-0.39, 0.29) is 18.2 Å². The highest BCUT2D eigenvalue weighted by atomic mass is 19.4. The molecule has 1 aliphatic heterocycles. The van der Waals surface area contributed by atoms with Crippen molar-refractivity contribution in [3.05, 3.63) is 30.0 Å². The average Bonchev–Trinajstić information content (AvgIpc) is 2.59. The first-order valence-corrected chi connectivity index (χ1v) is 8.50. The van der Waals surface area contributed by atoms with Crippen molar-refractivity contribution in [3.8, 4) is 11.5 Å². The topological polar surface area (TPSA) is 83.1 Å². The Kier molecular flexibility index (Phi) is 6.65. The number of rotatable bonds is 6. The molecule has 7 nitrogen and oxygen atoms in total. The molecule has 0 radical (unpaired) electrons. The summed E-state index contributed by atoms with van der Waals surface area (Å²) in [6.45, 7) is 2.31. The van der Waals surface area contributed by atoms with Gasteiger partial charge in [0.1, 0.15) is 11.5 Å². The predicted molar refractivity (Wildman–Crippen MR) is 87.7 cm³/mol. The average molecular weight is 515 g/mol. The molecule has 1 N–H and O–H groups in total. The smallest absolute Gasteiger partial charge is 0.426 e. The van der Waals surface area contributed by atoms with Crippen LogP contribution in [0.3, 0.4) is 0 Å². The van der Waals surface area contributed by atoms with Gasteiger partial charge in [-0.25, -0.2) is 9.59 Å². The molecule has 0 atom stereocenters. The molecule has 0 amide bonds. The highest BCUT2D eigenvalue weighted by molar-refractivity contribution is 6.15. The van der Waals surface area contributed by atoms with Crippen molar-refractivity contribution in [2.45, 2.75) is 44.2 Å². The summed E-state index contributed by atoms with van der Waals surface area (Å²) in [5.41, 5.74) is -2.11. The third-order valence-electron chi connectivity index (χ3n) is 3.58. The summed E-state index contributed by atoms with van der Waals surface area (Å²) in [4.78, 5) is 23.7. The van der Waals surface area contributed by atoms with Gasteiger partial charge in [0.25, 0.3) is 5.79 Å². The zero-order valence-corrected chi connectivity index (χ0v) is 16.5. The lowest BCUT2D eigenvalue weighted by Gasteiger charge is -2.29. The third kappa shape index (κ3) is 5.93. The van der Waals surface area contributed by atoms with Gasteiger partial charge >= 0.3 is 36.5 Å². The molecule has 0 aliphatic carbocycles. The van der Waals surface area contributed by atoms with Crippen LogP contribution in [0.2, 0.25) is 0 Å². The number of ether oxygens (including phenoxy) is 4. The van der Waals surface area contributed by atoms with E-state index >= 15 is 0 Å². The van der Waals surface area contributed by atoms with Crippen LogP contribution in [0.15, 0.2) is 30.0 Å². The molecule has 0 unspecified atom stereocenters. The van der Waals surface area contributed by atoms with Crippen LogP contribution in [-0.4, -0.2) is 42.3 Å². The van der Waals surface area contributed by atoms with E-state index in [4.69, 9.17) is 0 Å². The van der Waals surface area contributed by atoms with Gasteiger partial charge in [-0.15, -0.1) is 0 Å². The van der Waals surface area contributed by atoms with Gasteiger partial charge in [0.15, 0.2) is 5.57 Å². The summed E-state index contributed by atoms with van der Waals surface area (Å²) in [6, 6.07) is 0.427. The van der Waals surface area contributed by atoms with Crippen LogP contribution in [0.1, 0.15) is 13.8 Å². The fraction of sp³-hybridized carbons (Fsp3) is 0.412. The molecule has 1 heterocycles. The lowest BCUT2D eigenvalue weighted by Crippen LogP contribution is -2.42. The molecule has 0 bridgehead atoms. The van der Waals surface area contributed by atoms with Crippen LogP contribution in [0.5, 0.6) is 11.5 Å². The molecule has 190 valence electrons. The largest absolute Gasteiger partial charge is 0.499 e. The van der Waals surface area contributed by atoms with E-state index in [1.807, 2.05) is 5.32 Å². The number of halogens is 10. The minimum atomic E-state index is -6.26. The number of nitrogens with one attached hydrogen (secondary N) is 1. The molecule has 1 aromatic rings.